The summed E-state index contributed by atoms with van der Waals surface area (Å²) in [5.41, 5.74) is 1.23. The monoisotopic (exact) mass is 283 g/mol. The normalized spacial score (nSPS) is 26.8. The van der Waals surface area contributed by atoms with Gasteiger partial charge in [-0.2, -0.15) is 0 Å². The van der Waals surface area contributed by atoms with E-state index < -0.39 is 9.84 Å². The van der Waals surface area contributed by atoms with E-state index in [4.69, 9.17) is 0 Å². The predicted octanol–water partition coefficient (Wildman–Crippen LogP) is 2.64. The number of sulfone groups is 1. The van der Waals surface area contributed by atoms with Crippen LogP contribution in [0.5, 0.6) is 0 Å². The van der Waals surface area contributed by atoms with Gasteiger partial charge in [-0.3, -0.25) is 0 Å². The molecule has 1 aromatic rings. The summed E-state index contributed by atoms with van der Waals surface area (Å²) in [5, 5.41) is 2.46. The highest BCUT2D eigenvalue weighted by Crippen LogP contribution is 2.47. The van der Waals surface area contributed by atoms with Crippen LogP contribution in [0.2, 0.25) is 0 Å². The summed E-state index contributed by atoms with van der Waals surface area (Å²) in [5.74, 6) is 0. The first-order valence-corrected chi connectivity index (χ1v) is 8.58. The van der Waals surface area contributed by atoms with Crippen molar-refractivity contribution in [1.29, 1.82) is 0 Å². The van der Waals surface area contributed by atoms with E-state index in [0.29, 0.717) is 0 Å². The number of thioether (sulfide) groups is 1. The highest BCUT2D eigenvalue weighted by molar-refractivity contribution is 8.04. The van der Waals surface area contributed by atoms with Crippen LogP contribution in [0.25, 0.3) is 0 Å². The van der Waals surface area contributed by atoms with Crippen molar-refractivity contribution in [2.24, 2.45) is 0 Å². The maximum absolute atomic E-state index is 11.4. The molecule has 0 amide bonds. The van der Waals surface area contributed by atoms with Crippen molar-refractivity contribution >= 4 is 21.6 Å². The summed E-state index contributed by atoms with van der Waals surface area (Å²) in [6.07, 6.45) is 1.23. The van der Waals surface area contributed by atoms with E-state index >= 15 is 0 Å². The molecule has 0 unspecified atom stereocenters. The van der Waals surface area contributed by atoms with Gasteiger partial charge in [0.15, 0.2) is 9.84 Å². The van der Waals surface area contributed by atoms with E-state index in [2.05, 4.69) is 19.1 Å². The maximum Gasteiger partial charge on any atom is 0.171 e. The summed E-state index contributed by atoms with van der Waals surface area (Å²) >= 11 is 1.61. The second-order valence-electron chi connectivity index (χ2n) is 4.59. The van der Waals surface area contributed by atoms with Crippen molar-refractivity contribution in [3.05, 3.63) is 46.3 Å². The van der Waals surface area contributed by atoms with Crippen molar-refractivity contribution in [3.63, 3.8) is 0 Å². The van der Waals surface area contributed by atoms with E-state index in [9.17, 15) is 8.42 Å². The van der Waals surface area contributed by atoms with E-state index in [1.807, 2.05) is 30.1 Å². The molecule has 1 aliphatic rings. The van der Waals surface area contributed by atoms with Gasteiger partial charge in [0.25, 0.3) is 0 Å². The lowest BCUT2D eigenvalue weighted by atomic mass is 10.1. The summed E-state index contributed by atoms with van der Waals surface area (Å²) in [6, 6.07) is 10.5. The summed E-state index contributed by atoms with van der Waals surface area (Å²) in [6.45, 7) is 2.12. The topological polar surface area (TPSA) is 37.4 Å². The standard InChI is InChI=1S/C13H17NO2S2/c1-10-13(11-7-5-4-6-8-11)17-12(14(10)2)9-18(3,15)16/h4-10,13H,1-3H3/b12-9-/t10-,13+/m1/s1. The minimum atomic E-state index is -3.09. The number of likely N-dealkylation sites (N-methyl/N-ethyl adjacent to an activating group) is 1. The molecule has 2 atom stereocenters. The Bertz CT molecular complexity index is 552. The molecule has 0 saturated carbocycles. The maximum atomic E-state index is 11.4. The SMILES string of the molecule is C[C@@H]1[C@@H](c2ccccc2)S/C(=C\S(C)(=O)=O)N1C. The minimum absolute atomic E-state index is 0.282. The molecule has 0 aliphatic carbocycles. The first kappa shape index (κ1) is 13.5. The molecule has 0 aromatic heterocycles. The minimum Gasteiger partial charge on any atom is -0.365 e. The van der Waals surface area contributed by atoms with E-state index in [-0.39, 0.29) is 11.3 Å². The van der Waals surface area contributed by atoms with E-state index in [0.717, 1.165) is 5.03 Å². The molecule has 1 heterocycles. The smallest absolute Gasteiger partial charge is 0.171 e. The van der Waals surface area contributed by atoms with Gasteiger partial charge in [0.2, 0.25) is 0 Å². The molecule has 2 rings (SSSR count). The molecule has 3 nitrogen and oxygen atoms in total. The van der Waals surface area contributed by atoms with Crippen LogP contribution in [0.3, 0.4) is 0 Å². The van der Waals surface area contributed by atoms with Crippen molar-refractivity contribution in [1.82, 2.24) is 4.90 Å². The molecule has 1 saturated heterocycles. The largest absolute Gasteiger partial charge is 0.365 e. The molecular weight excluding hydrogens is 266 g/mol. The zero-order valence-electron chi connectivity index (χ0n) is 10.7. The van der Waals surface area contributed by atoms with Gasteiger partial charge < -0.3 is 4.90 Å². The van der Waals surface area contributed by atoms with Crippen LogP contribution >= 0.6 is 11.8 Å². The molecule has 0 spiro atoms. The Morgan fingerprint density at radius 3 is 2.44 bits per heavy atom. The molecule has 0 N–H and O–H groups in total. The van der Waals surface area contributed by atoms with Gasteiger partial charge in [0.1, 0.15) is 0 Å². The van der Waals surface area contributed by atoms with Crippen LogP contribution in [0, 0.1) is 0 Å². The van der Waals surface area contributed by atoms with E-state index in [1.165, 1.54) is 17.2 Å². The molecule has 5 heteroatoms. The van der Waals surface area contributed by atoms with E-state index in [1.54, 1.807) is 11.8 Å². The molecule has 1 aliphatic heterocycles. The highest BCUT2D eigenvalue weighted by Gasteiger charge is 2.34. The van der Waals surface area contributed by atoms with Gasteiger partial charge in [0, 0.05) is 19.3 Å². The quantitative estimate of drug-likeness (QED) is 0.836. The molecule has 1 aromatic carbocycles. The summed E-state index contributed by atoms with van der Waals surface area (Å²) in [7, 11) is -1.15. The third-order valence-electron chi connectivity index (χ3n) is 3.09. The van der Waals surface area contributed by atoms with Crippen LogP contribution < -0.4 is 0 Å². The Kier molecular flexibility index (Phi) is 3.73. The van der Waals surface area contributed by atoms with Crippen LogP contribution in [-0.2, 0) is 9.84 Å². The molecule has 0 bridgehead atoms. The fraction of sp³-hybridized carbons (Fsp3) is 0.385. The lowest BCUT2D eigenvalue weighted by Gasteiger charge is -2.21. The van der Waals surface area contributed by atoms with Crippen LogP contribution in [0.15, 0.2) is 40.8 Å². The van der Waals surface area contributed by atoms with Gasteiger partial charge in [0.05, 0.1) is 15.7 Å². The lowest BCUT2D eigenvalue weighted by Crippen LogP contribution is -2.24. The van der Waals surface area contributed by atoms with Crippen LogP contribution in [0.1, 0.15) is 17.7 Å². The molecule has 18 heavy (non-hydrogen) atoms. The molecule has 1 fully saturated rings. The highest BCUT2D eigenvalue weighted by atomic mass is 32.2. The Labute approximate surface area is 113 Å². The fourth-order valence-electron chi connectivity index (χ4n) is 2.00. The average Bonchev–Trinajstić information content (AvgIpc) is 2.57. The Hall–Kier alpha value is -0.940. The third kappa shape index (κ3) is 2.90. The zero-order chi connectivity index (χ0) is 13.3. The first-order valence-electron chi connectivity index (χ1n) is 5.74. The van der Waals surface area contributed by atoms with Crippen LogP contribution in [-0.4, -0.2) is 32.7 Å². The van der Waals surface area contributed by atoms with Gasteiger partial charge >= 0.3 is 0 Å². The summed E-state index contributed by atoms with van der Waals surface area (Å²) < 4.78 is 22.7. The van der Waals surface area contributed by atoms with Gasteiger partial charge in [-0.25, -0.2) is 8.42 Å². The Morgan fingerprint density at radius 1 is 1.28 bits per heavy atom. The second kappa shape index (κ2) is 4.97. The number of benzene rings is 1. The van der Waals surface area contributed by atoms with Gasteiger partial charge in [-0.05, 0) is 12.5 Å². The zero-order valence-corrected chi connectivity index (χ0v) is 12.3. The fourth-order valence-corrected chi connectivity index (χ4v) is 4.54. The molecule has 98 valence electrons. The predicted molar refractivity (Wildman–Crippen MR) is 76.9 cm³/mol. The van der Waals surface area contributed by atoms with Crippen molar-refractivity contribution < 1.29 is 8.42 Å². The number of hydrogen-bond donors (Lipinski definition) is 0. The number of hydrogen-bond acceptors (Lipinski definition) is 4. The Balaban J connectivity index is 2.31. The number of rotatable bonds is 2. The van der Waals surface area contributed by atoms with Crippen molar-refractivity contribution in [2.75, 3.05) is 13.3 Å². The van der Waals surface area contributed by atoms with Crippen molar-refractivity contribution in [3.8, 4) is 0 Å². The van der Waals surface area contributed by atoms with Crippen LogP contribution in [0.4, 0.5) is 0 Å². The van der Waals surface area contributed by atoms with Crippen molar-refractivity contribution in [2.45, 2.75) is 18.2 Å². The third-order valence-corrected chi connectivity index (χ3v) is 5.46. The number of nitrogens with zero attached hydrogens (tertiary/aromatic N) is 1. The average molecular weight is 283 g/mol. The lowest BCUT2D eigenvalue weighted by molar-refractivity contribution is 0.357. The Morgan fingerprint density at radius 2 is 1.89 bits per heavy atom. The molecule has 0 radical (unpaired) electrons. The van der Waals surface area contributed by atoms with Gasteiger partial charge in [-0.15, -0.1) is 0 Å². The first-order chi connectivity index (χ1) is 8.38. The molecular formula is C13H17NO2S2. The second-order valence-corrected chi connectivity index (χ2v) is 7.64. The van der Waals surface area contributed by atoms with Gasteiger partial charge in [-0.1, -0.05) is 42.1 Å². The summed E-state index contributed by atoms with van der Waals surface area (Å²) in [4.78, 5) is 2.03.